The van der Waals surface area contributed by atoms with Crippen LogP contribution in [-0.4, -0.2) is 24.0 Å². The van der Waals surface area contributed by atoms with E-state index < -0.39 is 0 Å². The van der Waals surface area contributed by atoms with Crippen molar-refractivity contribution in [2.75, 3.05) is 18.4 Å². The zero-order valence-corrected chi connectivity index (χ0v) is 10.2. The Labute approximate surface area is 106 Å². The predicted molar refractivity (Wildman–Crippen MR) is 74.2 cm³/mol. The van der Waals surface area contributed by atoms with Gasteiger partial charge in [-0.25, -0.2) is 0 Å². The molecule has 0 unspecified atom stereocenters. The van der Waals surface area contributed by atoms with Gasteiger partial charge in [0.05, 0.1) is 6.54 Å². The van der Waals surface area contributed by atoms with Gasteiger partial charge in [-0.1, -0.05) is 18.2 Å². The number of rotatable bonds is 5. The summed E-state index contributed by atoms with van der Waals surface area (Å²) < 4.78 is 0. The van der Waals surface area contributed by atoms with E-state index in [1.807, 2.05) is 6.07 Å². The van der Waals surface area contributed by atoms with Crippen LogP contribution in [0.1, 0.15) is 10.4 Å². The van der Waals surface area contributed by atoms with Crippen molar-refractivity contribution in [1.82, 2.24) is 5.32 Å². The molecule has 0 bridgehead atoms. The third-order valence-corrected chi connectivity index (χ3v) is 2.28. The number of Topliss-reactive ketones (excluding diaryl/α,β-unsaturated/α-hetero) is 1. The molecule has 1 aromatic rings. The summed E-state index contributed by atoms with van der Waals surface area (Å²) in [5.41, 5.74) is 6.63. The lowest BCUT2D eigenvalue weighted by Crippen LogP contribution is -2.28. The highest BCUT2D eigenvalue weighted by Crippen LogP contribution is 2.10. The van der Waals surface area contributed by atoms with Gasteiger partial charge >= 0.3 is 0 Å². The SMILES string of the molecule is C=CCNC(=S)Nc1cccc(C(=O)CN)c1. The first-order chi connectivity index (χ1) is 8.17. The summed E-state index contributed by atoms with van der Waals surface area (Å²) in [6.45, 7) is 4.17. The van der Waals surface area contributed by atoms with E-state index in [2.05, 4.69) is 17.2 Å². The molecule has 0 aliphatic rings. The fourth-order valence-corrected chi connectivity index (χ4v) is 1.43. The molecule has 4 nitrogen and oxygen atoms in total. The molecular formula is C12H15N3OS. The van der Waals surface area contributed by atoms with Crippen LogP contribution in [0.15, 0.2) is 36.9 Å². The van der Waals surface area contributed by atoms with Gasteiger partial charge in [-0.05, 0) is 24.4 Å². The first-order valence-electron chi connectivity index (χ1n) is 5.16. The Kier molecular flexibility index (Phi) is 5.32. The van der Waals surface area contributed by atoms with Crippen LogP contribution >= 0.6 is 12.2 Å². The van der Waals surface area contributed by atoms with Crippen molar-refractivity contribution in [3.63, 3.8) is 0 Å². The third kappa shape index (κ3) is 4.34. The summed E-state index contributed by atoms with van der Waals surface area (Å²) in [6, 6.07) is 7.05. The minimum atomic E-state index is -0.0985. The highest BCUT2D eigenvalue weighted by atomic mass is 32.1. The van der Waals surface area contributed by atoms with Crippen LogP contribution in [0.25, 0.3) is 0 Å². The van der Waals surface area contributed by atoms with E-state index in [1.165, 1.54) is 0 Å². The number of carbonyl (C=O) groups excluding carboxylic acids is 1. The zero-order valence-electron chi connectivity index (χ0n) is 9.40. The van der Waals surface area contributed by atoms with E-state index >= 15 is 0 Å². The molecule has 1 rings (SSSR count). The maximum Gasteiger partial charge on any atom is 0.176 e. The zero-order chi connectivity index (χ0) is 12.7. The van der Waals surface area contributed by atoms with Crippen molar-refractivity contribution in [2.45, 2.75) is 0 Å². The number of carbonyl (C=O) groups is 1. The molecule has 0 amide bonds. The minimum absolute atomic E-state index is 0.00259. The van der Waals surface area contributed by atoms with Crippen molar-refractivity contribution >= 4 is 28.8 Å². The van der Waals surface area contributed by atoms with Crippen molar-refractivity contribution in [2.24, 2.45) is 5.73 Å². The number of nitrogens with two attached hydrogens (primary N) is 1. The smallest absolute Gasteiger partial charge is 0.176 e. The Morgan fingerprint density at radius 1 is 1.53 bits per heavy atom. The molecule has 0 heterocycles. The molecule has 0 fully saturated rings. The van der Waals surface area contributed by atoms with Crippen LogP contribution in [0.2, 0.25) is 0 Å². The second-order valence-corrected chi connectivity index (χ2v) is 3.74. The molecule has 0 atom stereocenters. The standard InChI is InChI=1S/C12H15N3OS/c1-2-6-14-12(17)15-10-5-3-4-9(7-10)11(16)8-13/h2-5,7H,1,6,8,13H2,(H2,14,15,17). The topological polar surface area (TPSA) is 67.1 Å². The Morgan fingerprint density at radius 2 is 2.29 bits per heavy atom. The van der Waals surface area contributed by atoms with Crippen molar-refractivity contribution in [3.05, 3.63) is 42.5 Å². The van der Waals surface area contributed by atoms with Gasteiger partial charge in [-0.3, -0.25) is 4.79 Å². The average Bonchev–Trinajstić information content (AvgIpc) is 2.35. The molecular weight excluding hydrogens is 234 g/mol. The maximum atomic E-state index is 11.4. The van der Waals surface area contributed by atoms with E-state index in [-0.39, 0.29) is 12.3 Å². The van der Waals surface area contributed by atoms with E-state index in [0.717, 1.165) is 5.69 Å². The van der Waals surface area contributed by atoms with Gasteiger partial charge < -0.3 is 16.4 Å². The molecule has 4 N–H and O–H groups in total. The molecule has 90 valence electrons. The second kappa shape index (κ2) is 6.78. The van der Waals surface area contributed by atoms with Crippen LogP contribution in [-0.2, 0) is 0 Å². The fourth-order valence-electron chi connectivity index (χ4n) is 1.23. The molecule has 0 spiro atoms. The van der Waals surface area contributed by atoms with Crippen LogP contribution in [0.4, 0.5) is 5.69 Å². The van der Waals surface area contributed by atoms with Crippen molar-refractivity contribution in [1.29, 1.82) is 0 Å². The minimum Gasteiger partial charge on any atom is -0.359 e. The Hall–Kier alpha value is -1.72. The Bertz CT molecular complexity index is 432. The highest BCUT2D eigenvalue weighted by Gasteiger charge is 2.04. The van der Waals surface area contributed by atoms with E-state index in [9.17, 15) is 4.79 Å². The molecule has 0 saturated heterocycles. The van der Waals surface area contributed by atoms with Crippen LogP contribution in [0.3, 0.4) is 0 Å². The van der Waals surface area contributed by atoms with Gasteiger partial charge in [-0.15, -0.1) is 6.58 Å². The van der Waals surface area contributed by atoms with Crippen molar-refractivity contribution in [3.8, 4) is 0 Å². The number of hydrogen-bond acceptors (Lipinski definition) is 3. The predicted octanol–water partition coefficient (Wildman–Crippen LogP) is 1.30. The Balaban J connectivity index is 2.68. The highest BCUT2D eigenvalue weighted by molar-refractivity contribution is 7.80. The van der Waals surface area contributed by atoms with E-state index in [1.54, 1.807) is 24.3 Å². The number of anilines is 1. The summed E-state index contributed by atoms with van der Waals surface area (Å²) in [5, 5.41) is 6.40. The largest absolute Gasteiger partial charge is 0.359 e. The van der Waals surface area contributed by atoms with Crippen molar-refractivity contribution < 1.29 is 4.79 Å². The average molecular weight is 249 g/mol. The fraction of sp³-hybridized carbons (Fsp3) is 0.167. The normalized spacial score (nSPS) is 9.47. The summed E-state index contributed by atoms with van der Waals surface area (Å²) in [5.74, 6) is -0.0985. The number of nitrogens with one attached hydrogen (secondary N) is 2. The molecule has 0 aromatic heterocycles. The molecule has 0 saturated carbocycles. The van der Waals surface area contributed by atoms with Crippen LogP contribution in [0.5, 0.6) is 0 Å². The van der Waals surface area contributed by atoms with E-state index in [0.29, 0.717) is 17.2 Å². The second-order valence-electron chi connectivity index (χ2n) is 3.33. The van der Waals surface area contributed by atoms with Gasteiger partial charge in [0, 0.05) is 17.8 Å². The first kappa shape index (κ1) is 13.3. The number of hydrogen-bond donors (Lipinski definition) is 3. The lowest BCUT2D eigenvalue weighted by atomic mass is 10.1. The summed E-state index contributed by atoms with van der Waals surface area (Å²) in [7, 11) is 0. The molecule has 0 aliphatic carbocycles. The van der Waals surface area contributed by atoms with Gasteiger partial charge in [0.2, 0.25) is 0 Å². The van der Waals surface area contributed by atoms with Crippen LogP contribution < -0.4 is 16.4 Å². The van der Waals surface area contributed by atoms with Gasteiger partial charge in [0.25, 0.3) is 0 Å². The molecule has 5 heteroatoms. The number of benzene rings is 1. The lowest BCUT2D eigenvalue weighted by Gasteiger charge is -2.09. The Morgan fingerprint density at radius 3 is 2.94 bits per heavy atom. The maximum absolute atomic E-state index is 11.4. The van der Waals surface area contributed by atoms with Crippen LogP contribution in [0, 0.1) is 0 Å². The lowest BCUT2D eigenvalue weighted by molar-refractivity contribution is 0.100. The first-order valence-corrected chi connectivity index (χ1v) is 5.57. The van der Waals surface area contributed by atoms with Gasteiger partial charge in [0.15, 0.2) is 10.9 Å². The molecule has 17 heavy (non-hydrogen) atoms. The quantitative estimate of drug-likeness (QED) is 0.417. The summed E-state index contributed by atoms with van der Waals surface area (Å²) >= 11 is 5.06. The monoisotopic (exact) mass is 249 g/mol. The van der Waals surface area contributed by atoms with Gasteiger partial charge in [0.1, 0.15) is 0 Å². The molecule has 1 aromatic carbocycles. The third-order valence-electron chi connectivity index (χ3n) is 2.03. The molecule has 0 aliphatic heterocycles. The van der Waals surface area contributed by atoms with Gasteiger partial charge in [-0.2, -0.15) is 0 Å². The number of thiocarbonyl (C=S) groups is 1. The number of ketones is 1. The molecule has 0 radical (unpaired) electrons. The summed E-state index contributed by atoms with van der Waals surface area (Å²) in [4.78, 5) is 11.4. The van der Waals surface area contributed by atoms with E-state index in [4.69, 9.17) is 18.0 Å². The summed E-state index contributed by atoms with van der Waals surface area (Å²) in [6.07, 6.45) is 1.71.